The molecule has 19 heavy (non-hydrogen) atoms. The number of rotatable bonds is 3. The zero-order valence-corrected chi connectivity index (χ0v) is 14.3. The molecule has 0 saturated heterocycles. The van der Waals surface area contributed by atoms with E-state index >= 15 is 0 Å². The smallest absolute Gasteiger partial charge is 0.224 e. The van der Waals surface area contributed by atoms with Crippen molar-refractivity contribution in [2.45, 2.75) is 0 Å². The van der Waals surface area contributed by atoms with Crippen LogP contribution >= 0.6 is 55.1 Å². The summed E-state index contributed by atoms with van der Waals surface area (Å²) in [6, 6.07) is 3.62. The topological polar surface area (TPSA) is 49.8 Å². The highest BCUT2D eigenvalue weighted by atomic mass is 79.9. The van der Waals surface area contributed by atoms with Crippen LogP contribution in [0.25, 0.3) is 0 Å². The molecular weight excluding hydrogens is 419 g/mol. The minimum atomic E-state index is 0.424. The van der Waals surface area contributed by atoms with Crippen LogP contribution in [0.4, 0.5) is 17.5 Å². The molecule has 1 aromatic heterocycles. The third-order valence-electron chi connectivity index (χ3n) is 2.26. The van der Waals surface area contributed by atoms with Crippen LogP contribution < -0.4 is 10.6 Å². The molecule has 1 heterocycles. The molecule has 0 aliphatic rings. The van der Waals surface area contributed by atoms with Crippen LogP contribution in [-0.4, -0.2) is 17.0 Å². The number of anilines is 3. The number of halogens is 4. The lowest BCUT2D eigenvalue weighted by molar-refractivity contribution is 1.14. The van der Waals surface area contributed by atoms with E-state index in [4.69, 9.17) is 23.2 Å². The van der Waals surface area contributed by atoms with E-state index in [1.807, 2.05) is 12.1 Å². The van der Waals surface area contributed by atoms with Gasteiger partial charge in [0.05, 0.1) is 20.2 Å². The van der Waals surface area contributed by atoms with Crippen molar-refractivity contribution in [3.63, 3.8) is 0 Å². The molecule has 0 amide bonds. The van der Waals surface area contributed by atoms with Gasteiger partial charge in [0.15, 0.2) is 0 Å². The number of hydrogen-bond acceptors (Lipinski definition) is 4. The Hall–Kier alpha value is -0.560. The van der Waals surface area contributed by atoms with Gasteiger partial charge < -0.3 is 10.6 Å². The number of aromatic nitrogens is 2. The van der Waals surface area contributed by atoms with Crippen LogP contribution in [0.5, 0.6) is 0 Å². The summed E-state index contributed by atoms with van der Waals surface area (Å²) in [4.78, 5) is 8.36. The van der Waals surface area contributed by atoms with Gasteiger partial charge in [-0.1, -0.05) is 23.2 Å². The largest absolute Gasteiger partial charge is 0.357 e. The molecule has 2 aromatic rings. The lowest BCUT2D eigenvalue weighted by Gasteiger charge is -2.11. The highest BCUT2D eigenvalue weighted by molar-refractivity contribution is 9.11. The Bertz CT molecular complexity index is 622. The van der Waals surface area contributed by atoms with Crippen LogP contribution in [0.15, 0.2) is 27.3 Å². The minimum Gasteiger partial charge on any atom is -0.357 e. The van der Waals surface area contributed by atoms with E-state index in [0.717, 1.165) is 8.95 Å². The molecule has 1 aromatic carbocycles. The molecule has 0 bridgehead atoms. The number of nitrogens with zero attached hydrogens (tertiary/aromatic N) is 2. The van der Waals surface area contributed by atoms with Gasteiger partial charge >= 0.3 is 0 Å². The van der Waals surface area contributed by atoms with Gasteiger partial charge in [0.25, 0.3) is 0 Å². The summed E-state index contributed by atoms with van der Waals surface area (Å²) < 4.78 is 1.46. The predicted octanol–water partition coefficient (Wildman–Crippen LogP) is 5.09. The van der Waals surface area contributed by atoms with Gasteiger partial charge in [-0.05, 0) is 44.0 Å². The Morgan fingerprint density at radius 1 is 1.11 bits per heavy atom. The molecule has 0 atom stereocenters. The average Bonchev–Trinajstić information content (AvgIpc) is 2.41. The zero-order valence-electron chi connectivity index (χ0n) is 9.64. The van der Waals surface area contributed by atoms with E-state index in [1.54, 1.807) is 13.2 Å². The highest BCUT2D eigenvalue weighted by Gasteiger charge is 2.11. The number of nitrogens with one attached hydrogen (secondary N) is 2. The van der Waals surface area contributed by atoms with Crippen molar-refractivity contribution in [1.82, 2.24) is 9.97 Å². The van der Waals surface area contributed by atoms with Crippen molar-refractivity contribution >= 4 is 72.5 Å². The summed E-state index contributed by atoms with van der Waals surface area (Å²) in [6.45, 7) is 0. The Morgan fingerprint density at radius 2 is 1.84 bits per heavy atom. The molecule has 0 radical (unpaired) electrons. The van der Waals surface area contributed by atoms with E-state index in [1.165, 1.54) is 0 Å². The Balaban J connectivity index is 2.39. The van der Waals surface area contributed by atoms with E-state index in [-0.39, 0.29) is 0 Å². The maximum Gasteiger partial charge on any atom is 0.224 e. The minimum absolute atomic E-state index is 0.424. The van der Waals surface area contributed by atoms with Gasteiger partial charge in [0.2, 0.25) is 5.95 Å². The average molecular weight is 427 g/mol. The molecule has 4 nitrogen and oxygen atoms in total. The molecule has 2 rings (SSSR count). The highest BCUT2D eigenvalue weighted by Crippen LogP contribution is 2.37. The summed E-state index contributed by atoms with van der Waals surface area (Å²) in [6.07, 6.45) is 1.65. The second kappa shape index (κ2) is 6.26. The molecular formula is C11H8Br2Cl2N4. The normalized spacial score (nSPS) is 10.4. The Labute approximate surface area is 137 Å². The third-order valence-corrected chi connectivity index (χ3v) is 4.61. The molecule has 0 aliphatic carbocycles. The number of benzene rings is 1. The van der Waals surface area contributed by atoms with Gasteiger partial charge in [0, 0.05) is 17.7 Å². The van der Waals surface area contributed by atoms with E-state index < -0.39 is 0 Å². The van der Waals surface area contributed by atoms with Crippen molar-refractivity contribution in [1.29, 1.82) is 0 Å². The molecule has 0 saturated carbocycles. The maximum atomic E-state index is 6.18. The molecule has 2 N–H and O–H groups in total. The summed E-state index contributed by atoms with van der Waals surface area (Å²) in [5, 5.41) is 6.85. The lowest BCUT2D eigenvalue weighted by atomic mass is 10.3. The van der Waals surface area contributed by atoms with Crippen LogP contribution in [0.1, 0.15) is 0 Å². The zero-order chi connectivity index (χ0) is 14.0. The van der Waals surface area contributed by atoms with Crippen LogP contribution in [0.3, 0.4) is 0 Å². The quantitative estimate of drug-likeness (QED) is 0.671. The molecule has 0 aliphatic heterocycles. The number of hydrogen-bond donors (Lipinski definition) is 2. The standard InChI is InChI=1S/C11H8Br2Cl2N4/c1-16-11-17-4-6(13)10(19-11)18-7-3-2-5(12)8(14)9(7)15/h2-4H,1H3,(H2,16,17,18,19). The summed E-state index contributed by atoms with van der Waals surface area (Å²) >= 11 is 18.9. The first-order valence-electron chi connectivity index (χ1n) is 5.13. The van der Waals surface area contributed by atoms with Crippen molar-refractivity contribution in [2.75, 3.05) is 17.7 Å². The first-order valence-corrected chi connectivity index (χ1v) is 7.48. The van der Waals surface area contributed by atoms with Crippen molar-refractivity contribution < 1.29 is 0 Å². The van der Waals surface area contributed by atoms with Gasteiger partial charge in [-0.2, -0.15) is 4.98 Å². The van der Waals surface area contributed by atoms with E-state index in [9.17, 15) is 0 Å². The van der Waals surface area contributed by atoms with E-state index in [0.29, 0.717) is 27.5 Å². The summed E-state index contributed by atoms with van der Waals surface area (Å²) in [5.74, 6) is 1.10. The Morgan fingerprint density at radius 3 is 2.53 bits per heavy atom. The lowest BCUT2D eigenvalue weighted by Crippen LogP contribution is -2.01. The Kier molecular flexibility index (Phi) is 4.89. The van der Waals surface area contributed by atoms with Crippen LogP contribution in [0, 0.1) is 0 Å². The fourth-order valence-electron chi connectivity index (χ4n) is 1.33. The van der Waals surface area contributed by atoms with Gasteiger partial charge in [-0.25, -0.2) is 4.98 Å². The fraction of sp³-hybridized carbons (Fsp3) is 0.0909. The predicted molar refractivity (Wildman–Crippen MR) is 86.7 cm³/mol. The van der Waals surface area contributed by atoms with Crippen LogP contribution in [-0.2, 0) is 0 Å². The third kappa shape index (κ3) is 3.31. The monoisotopic (exact) mass is 424 g/mol. The molecule has 0 unspecified atom stereocenters. The van der Waals surface area contributed by atoms with Crippen molar-refractivity contribution in [2.24, 2.45) is 0 Å². The second-order valence-electron chi connectivity index (χ2n) is 3.49. The van der Waals surface area contributed by atoms with Crippen LogP contribution in [0.2, 0.25) is 10.0 Å². The van der Waals surface area contributed by atoms with Gasteiger partial charge in [-0.15, -0.1) is 0 Å². The second-order valence-corrected chi connectivity index (χ2v) is 5.95. The van der Waals surface area contributed by atoms with Gasteiger partial charge in [0.1, 0.15) is 5.82 Å². The molecule has 0 spiro atoms. The molecule has 100 valence electrons. The SMILES string of the molecule is CNc1ncc(Br)c(Nc2ccc(Br)c(Cl)c2Cl)n1. The van der Waals surface area contributed by atoms with Gasteiger partial charge in [-0.3, -0.25) is 0 Å². The first-order chi connectivity index (χ1) is 9.02. The van der Waals surface area contributed by atoms with E-state index in [2.05, 4.69) is 52.5 Å². The van der Waals surface area contributed by atoms with Crippen molar-refractivity contribution in [3.8, 4) is 0 Å². The molecule has 8 heteroatoms. The summed E-state index contributed by atoms with van der Waals surface area (Å²) in [7, 11) is 1.75. The first kappa shape index (κ1) is 14.8. The fourth-order valence-corrected chi connectivity index (χ4v) is 2.44. The summed E-state index contributed by atoms with van der Waals surface area (Å²) in [5.41, 5.74) is 0.663. The molecule has 0 fully saturated rings. The van der Waals surface area contributed by atoms with Crippen molar-refractivity contribution in [3.05, 3.63) is 37.3 Å². The maximum absolute atomic E-state index is 6.18.